The van der Waals surface area contributed by atoms with Crippen molar-refractivity contribution in [2.75, 3.05) is 7.05 Å². The number of benzene rings is 8. The average molecular weight is 759 g/mol. The molecule has 0 saturated heterocycles. The van der Waals surface area contributed by atoms with E-state index in [0.717, 1.165) is 67.3 Å². The first-order valence-electron chi connectivity index (χ1n) is 19.7. The lowest BCUT2D eigenvalue weighted by Gasteiger charge is -2.32. The molecule has 6 nitrogen and oxygen atoms in total. The molecule has 59 heavy (non-hydrogen) atoms. The zero-order chi connectivity index (χ0) is 39.5. The van der Waals surface area contributed by atoms with E-state index < -0.39 is 0 Å². The second-order valence-electron chi connectivity index (χ2n) is 14.6. The minimum Gasteiger partial charge on any atom is -0.333 e. The van der Waals surface area contributed by atoms with Gasteiger partial charge in [-0.05, 0) is 50.7 Å². The predicted molar refractivity (Wildman–Crippen MR) is 241 cm³/mol. The number of aromatic nitrogens is 3. The van der Waals surface area contributed by atoms with Gasteiger partial charge in [-0.1, -0.05) is 194 Å². The highest BCUT2D eigenvalue weighted by molar-refractivity contribution is 6.13. The Labute approximate surface area is 343 Å². The molecule has 0 bridgehead atoms. The van der Waals surface area contributed by atoms with E-state index in [2.05, 4.69) is 121 Å². The summed E-state index contributed by atoms with van der Waals surface area (Å²) in [4.78, 5) is 27.0. The molecular weight excluding hydrogens is 721 g/mol. The van der Waals surface area contributed by atoms with Crippen molar-refractivity contribution in [1.29, 1.82) is 0 Å². The van der Waals surface area contributed by atoms with Crippen LogP contribution in [0, 0.1) is 0 Å². The van der Waals surface area contributed by atoms with Crippen molar-refractivity contribution in [1.82, 2.24) is 19.9 Å². The highest BCUT2D eigenvalue weighted by Crippen LogP contribution is 2.33. The fourth-order valence-corrected chi connectivity index (χ4v) is 7.61. The van der Waals surface area contributed by atoms with E-state index in [1.165, 1.54) is 10.8 Å². The fourth-order valence-electron chi connectivity index (χ4n) is 7.61. The zero-order valence-corrected chi connectivity index (χ0v) is 32.4. The minimum absolute atomic E-state index is 0.223. The van der Waals surface area contributed by atoms with Crippen molar-refractivity contribution in [3.63, 3.8) is 0 Å². The van der Waals surface area contributed by atoms with Gasteiger partial charge in [0.25, 0.3) is 0 Å². The SMILES string of the molecule is CN1C(c2ccccc2)=NC(c2ccccc2)=NC1c1ccc(-c2ccc3ccc(-c4ccc(-c5nc(-c6ccccc6)nc(-c6ccccc6)n5)cc4)cc3c2)cc1. The number of fused-ring (bicyclic) bond motifs is 1. The molecular formula is C53H38N6. The Balaban J connectivity index is 0.929. The van der Waals surface area contributed by atoms with Gasteiger partial charge in [-0.25, -0.2) is 24.9 Å². The third kappa shape index (κ3) is 7.31. The summed E-state index contributed by atoms with van der Waals surface area (Å²) in [6.45, 7) is 0. The predicted octanol–water partition coefficient (Wildman–Crippen LogP) is 12.2. The fraction of sp³-hybridized carbons (Fsp3) is 0.0377. The molecule has 6 heteroatoms. The second-order valence-corrected chi connectivity index (χ2v) is 14.6. The van der Waals surface area contributed by atoms with Gasteiger partial charge in [0.2, 0.25) is 0 Å². The largest absolute Gasteiger partial charge is 0.333 e. The number of amidine groups is 2. The van der Waals surface area contributed by atoms with Crippen molar-refractivity contribution < 1.29 is 0 Å². The smallest absolute Gasteiger partial charge is 0.164 e. The Kier molecular flexibility index (Phi) is 9.41. The summed E-state index contributed by atoms with van der Waals surface area (Å²) in [6.07, 6.45) is -0.223. The molecule has 1 unspecified atom stereocenters. The number of aliphatic imine (C=N–C) groups is 2. The van der Waals surface area contributed by atoms with Crippen LogP contribution in [0.25, 0.3) is 67.2 Å². The molecule has 1 atom stereocenters. The van der Waals surface area contributed by atoms with Crippen LogP contribution in [0.15, 0.2) is 216 Å². The molecule has 0 N–H and O–H groups in total. The Bertz CT molecular complexity index is 2910. The highest BCUT2D eigenvalue weighted by Gasteiger charge is 2.26. The second kappa shape index (κ2) is 15.6. The lowest BCUT2D eigenvalue weighted by Crippen LogP contribution is -2.35. The molecule has 0 aliphatic carbocycles. The standard InChI is InChI=1S/C53H38N6/c1-59-52(43-20-12-5-13-21-43)57-51(41-18-10-4-11-19-41)58-53(59)44-30-24-37(25-31-44)46-33-27-38-26-32-45(34-47(38)35-46)36-22-28-42(29-23-36)50-55-48(39-14-6-2-7-15-39)54-49(56-50)40-16-8-3-9-17-40/h2-35,53H,1H3. The van der Waals surface area contributed by atoms with Crippen LogP contribution in [0.5, 0.6) is 0 Å². The van der Waals surface area contributed by atoms with E-state index in [1.54, 1.807) is 0 Å². The van der Waals surface area contributed by atoms with Crippen LogP contribution in [-0.2, 0) is 0 Å². The summed E-state index contributed by atoms with van der Waals surface area (Å²) in [6, 6.07) is 71.3. The summed E-state index contributed by atoms with van der Waals surface area (Å²) in [5, 5.41) is 2.37. The lowest BCUT2D eigenvalue weighted by molar-refractivity contribution is 0.383. The molecule has 0 fully saturated rings. The number of hydrogen-bond acceptors (Lipinski definition) is 6. The van der Waals surface area contributed by atoms with Gasteiger partial charge >= 0.3 is 0 Å². The van der Waals surface area contributed by atoms with Crippen LogP contribution >= 0.6 is 0 Å². The first kappa shape index (κ1) is 35.6. The maximum Gasteiger partial charge on any atom is 0.164 e. The third-order valence-corrected chi connectivity index (χ3v) is 10.8. The van der Waals surface area contributed by atoms with Gasteiger partial charge in [0, 0.05) is 34.9 Å². The molecule has 1 aliphatic heterocycles. The molecule has 0 amide bonds. The quantitative estimate of drug-likeness (QED) is 0.155. The maximum absolute atomic E-state index is 5.16. The van der Waals surface area contributed by atoms with E-state index in [4.69, 9.17) is 24.9 Å². The van der Waals surface area contributed by atoms with E-state index >= 15 is 0 Å². The number of hydrogen-bond donors (Lipinski definition) is 0. The maximum atomic E-state index is 5.16. The van der Waals surface area contributed by atoms with Crippen LogP contribution in [0.3, 0.4) is 0 Å². The van der Waals surface area contributed by atoms with Gasteiger partial charge in [0.1, 0.15) is 12.0 Å². The molecule has 1 aromatic heterocycles. The molecule has 280 valence electrons. The van der Waals surface area contributed by atoms with Gasteiger partial charge in [-0.15, -0.1) is 0 Å². The molecule has 8 aromatic carbocycles. The molecule has 2 heterocycles. The van der Waals surface area contributed by atoms with Crippen molar-refractivity contribution in [2.45, 2.75) is 6.17 Å². The normalized spacial score (nSPS) is 13.8. The molecule has 0 saturated carbocycles. The average Bonchev–Trinajstić information content (AvgIpc) is 3.32. The molecule has 0 radical (unpaired) electrons. The van der Waals surface area contributed by atoms with E-state index in [-0.39, 0.29) is 6.17 Å². The molecule has 0 spiro atoms. The van der Waals surface area contributed by atoms with Crippen molar-refractivity contribution in [3.05, 3.63) is 223 Å². The van der Waals surface area contributed by atoms with E-state index in [9.17, 15) is 0 Å². The van der Waals surface area contributed by atoms with Gasteiger partial charge in [0.05, 0.1) is 0 Å². The van der Waals surface area contributed by atoms with Crippen LogP contribution in [-0.4, -0.2) is 38.6 Å². The Morgan fingerprint density at radius 1 is 0.356 bits per heavy atom. The van der Waals surface area contributed by atoms with Crippen LogP contribution in [0.4, 0.5) is 0 Å². The summed E-state index contributed by atoms with van der Waals surface area (Å²) in [7, 11) is 2.07. The van der Waals surface area contributed by atoms with Crippen LogP contribution in [0.2, 0.25) is 0 Å². The summed E-state index contributed by atoms with van der Waals surface area (Å²) < 4.78 is 0. The molecule has 9 aromatic rings. The van der Waals surface area contributed by atoms with Crippen molar-refractivity contribution >= 4 is 22.4 Å². The summed E-state index contributed by atoms with van der Waals surface area (Å²) >= 11 is 0. The molecule has 1 aliphatic rings. The topological polar surface area (TPSA) is 66.6 Å². The third-order valence-electron chi connectivity index (χ3n) is 10.8. The Morgan fingerprint density at radius 3 is 1.24 bits per heavy atom. The van der Waals surface area contributed by atoms with Crippen molar-refractivity contribution in [3.8, 4) is 56.4 Å². The van der Waals surface area contributed by atoms with Gasteiger partial charge in [-0.3, -0.25) is 0 Å². The highest BCUT2D eigenvalue weighted by atomic mass is 15.3. The van der Waals surface area contributed by atoms with E-state index in [0.29, 0.717) is 17.5 Å². The first-order chi connectivity index (χ1) is 29.1. The molecule has 10 rings (SSSR count). The zero-order valence-electron chi connectivity index (χ0n) is 32.4. The summed E-state index contributed by atoms with van der Waals surface area (Å²) in [5.74, 6) is 3.57. The first-order valence-corrected chi connectivity index (χ1v) is 19.7. The van der Waals surface area contributed by atoms with E-state index in [1.807, 2.05) is 97.1 Å². The Morgan fingerprint density at radius 2 is 0.746 bits per heavy atom. The monoisotopic (exact) mass is 758 g/mol. The summed E-state index contributed by atoms with van der Waals surface area (Å²) in [5.41, 5.74) is 10.6. The van der Waals surface area contributed by atoms with Gasteiger partial charge in [0.15, 0.2) is 23.3 Å². The number of nitrogens with zero attached hydrogens (tertiary/aromatic N) is 6. The van der Waals surface area contributed by atoms with Crippen LogP contribution < -0.4 is 0 Å². The van der Waals surface area contributed by atoms with Gasteiger partial charge < -0.3 is 4.90 Å². The number of rotatable bonds is 8. The van der Waals surface area contributed by atoms with Gasteiger partial charge in [-0.2, -0.15) is 0 Å². The lowest BCUT2D eigenvalue weighted by atomic mass is 9.96. The van der Waals surface area contributed by atoms with Crippen LogP contribution in [0.1, 0.15) is 22.9 Å². The Hall–Kier alpha value is -7.83. The van der Waals surface area contributed by atoms with Crippen molar-refractivity contribution in [2.24, 2.45) is 9.98 Å². The minimum atomic E-state index is -0.223.